The second-order valence-corrected chi connectivity index (χ2v) is 13.0. The smallest absolute Gasteiger partial charge is 0.302 e. The van der Waals surface area contributed by atoms with Crippen molar-refractivity contribution in [2.24, 2.45) is 28.5 Å². The van der Waals surface area contributed by atoms with E-state index in [1.54, 1.807) is 6.07 Å². The normalized spacial score (nSPS) is 25.9. The molecular weight excluding hydrogens is 532 g/mol. The number of phenolic OH excluding ortho intramolecular Hbond substituents is 1. The number of ether oxygens (including phenoxy) is 2. The molecule has 5 atom stereocenters. The molecule has 0 unspecified atom stereocenters. The number of hydrogen-bond acceptors (Lipinski definition) is 7. The maximum Gasteiger partial charge on any atom is 0.302 e. The lowest BCUT2D eigenvalue weighted by Gasteiger charge is -2.36. The molecular formula is C33H54N4O5. The van der Waals surface area contributed by atoms with Crippen molar-refractivity contribution in [1.29, 1.82) is 0 Å². The number of aliphatic hydroxyl groups excluding tert-OH is 1. The second-order valence-electron chi connectivity index (χ2n) is 13.0. The highest BCUT2D eigenvalue weighted by Crippen LogP contribution is 2.37. The number of aryl methyl sites for hydroxylation is 1. The first-order valence-electron chi connectivity index (χ1n) is 16.4. The monoisotopic (exact) mass is 586 g/mol. The van der Waals surface area contributed by atoms with Gasteiger partial charge in [0.2, 0.25) is 0 Å². The number of esters is 1. The SMILES string of the molecule is CC(=O)O[C@H](CCc1ccc(O)c(OC2CCNCC2)c1)C[C@@H](O)[C@@H]1CC[C@H](C)[C@@H](CN=C(N)NC2CCCCC2)C1. The summed E-state index contributed by atoms with van der Waals surface area (Å²) in [6, 6.07) is 5.88. The van der Waals surface area contributed by atoms with Crippen LogP contribution in [0.3, 0.4) is 0 Å². The number of nitrogens with one attached hydrogen (secondary N) is 2. The fraction of sp³-hybridized carbons (Fsp3) is 0.758. The van der Waals surface area contributed by atoms with Crippen LogP contribution in [0.2, 0.25) is 0 Å². The molecule has 1 aromatic carbocycles. The van der Waals surface area contributed by atoms with Crippen molar-refractivity contribution in [3.8, 4) is 11.5 Å². The van der Waals surface area contributed by atoms with Gasteiger partial charge in [0.1, 0.15) is 12.2 Å². The minimum atomic E-state index is -0.551. The third kappa shape index (κ3) is 10.3. The molecule has 3 fully saturated rings. The number of benzene rings is 1. The van der Waals surface area contributed by atoms with Crippen molar-refractivity contribution in [2.75, 3.05) is 19.6 Å². The highest BCUT2D eigenvalue weighted by molar-refractivity contribution is 5.78. The predicted octanol–water partition coefficient (Wildman–Crippen LogP) is 4.43. The van der Waals surface area contributed by atoms with Gasteiger partial charge < -0.3 is 36.1 Å². The van der Waals surface area contributed by atoms with E-state index >= 15 is 0 Å². The minimum absolute atomic E-state index is 0.0914. The van der Waals surface area contributed by atoms with Crippen LogP contribution >= 0.6 is 0 Å². The first-order valence-corrected chi connectivity index (χ1v) is 16.4. The molecule has 9 nitrogen and oxygen atoms in total. The van der Waals surface area contributed by atoms with Gasteiger partial charge in [-0.2, -0.15) is 0 Å². The Morgan fingerprint density at radius 3 is 2.64 bits per heavy atom. The number of nitrogens with two attached hydrogens (primary N) is 1. The van der Waals surface area contributed by atoms with Gasteiger partial charge in [0.15, 0.2) is 17.5 Å². The summed E-state index contributed by atoms with van der Waals surface area (Å²) in [6.07, 6.45) is 11.7. The maximum atomic E-state index is 11.9. The van der Waals surface area contributed by atoms with E-state index in [1.165, 1.54) is 26.2 Å². The molecule has 6 N–H and O–H groups in total. The van der Waals surface area contributed by atoms with Gasteiger partial charge in [0, 0.05) is 25.9 Å². The van der Waals surface area contributed by atoms with Gasteiger partial charge in [0.25, 0.3) is 0 Å². The standard InChI is InChI=1S/C33H54N4O5/c1-22-8-11-25(19-26(22)21-36-33(34)37-27-6-4-3-5-7-27)31(40)20-29(41-23(2)38)12-9-24-10-13-30(39)32(18-24)42-28-14-16-35-17-15-28/h10,13,18,22,25-29,31,35,39-40H,3-9,11-12,14-17,19-21H2,1-2H3,(H3,34,36,37)/t22-,25+,26+,29+,31+/m0/s1. The Balaban J connectivity index is 1.29. The highest BCUT2D eigenvalue weighted by Gasteiger charge is 2.33. The average Bonchev–Trinajstić information content (AvgIpc) is 2.97. The summed E-state index contributed by atoms with van der Waals surface area (Å²) in [5, 5.41) is 28.4. The highest BCUT2D eigenvalue weighted by atomic mass is 16.5. The Morgan fingerprint density at radius 2 is 1.90 bits per heavy atom. The van der Waals surface area contributed by atoms with Crippen molar-refractivity contribution in [3.05, 3.63) is 23.8 Å². The Labute approximate surface area is 252 Å². The van der Waals surface area contributed by atoms with Crippen molar-refractivity contribution in [2.45, 2.75) is 122 Å². The Hall–Kier alpha value is -2.52. The third-order valence-corrected chi connectivity index (χ3v) is 9.60. The van der Waals surface area contributed by atoms with E-state index in [-0.39, 0.29) is 29.8 Å². The molecule has 1 heterocycles. The Kier molecular flexibility index (Phi) is 12.6. The van der Waals surface area contributed by atoms with E-state index in [0.29, 0.717) is 55.4 Å². The first kappa shape index (κ1) is 32.4. The predicted molar refractivity (Wildman–Crippen MR) is 166 cm³/mol. The zero-order valence-electron chi connectivity index (χ0n) is 25.7. The molecule has 0 bridgehead atoms. The van der Waals surface area contributed by atoms with Crippen LogP contribution in [0, 0.1) is 17.8 Å². The topological polar surface area (TPSA) is 138 Å². The molecule has 4 rings (SSSR count). The number of hydrogen-bond donors (Lipinski definition) is 5. The Morgan fingerprint density at radius 1 is 1.14 bits per heavy atom. The first-order chi connectivity index (χ1) is 20.3. The number of carbonyl (C=O) groups excluding carboxylic acids is 1. The fourth-order valence-corrected chi connectivity index (χ4v) is 6.92. The molecule has 0 spiro atoms. The summed E-state index contributed by atoms with van der Waals surface area (Å²) < 4.78 is 11.8. The number of aliphatic hydroxyl groups is 1. The lowest BCUT2D eigenvalue weighted by Crippen LogP contribution is -2.41. The Bertz CT molecular complexity index is 1010. The van der Waals surface area contributed by atoms with Crippen LogP contribution in [0.5, 0.6) is 11.5 Å². The molecule has 2 saturated carbocycles. The zero-order chi connectivity index (χ0) is 29.9. The van der Waals surface area contributed by atoms with E-state index in [0.717, 1.165) is 63.6 Å². The third-order valence-electron chi connectivity index (χ3n) is 9.60. The number of piperidine rings is 1. The summed E-state index contributed by atoms with van der Waals surface area (Å²) in [6.45, 7) is 6.20. The zero-order valence-corrected chi connectivity index (χ0v) is 25.7. The lowest BCUT2D eigenvalue weighted by atomic mass is 9.72. The van der Waals surface area contributed by atoms with Gasteiger partial charge in [-0.25, -0.2) is 0 Å². The van der Waals surface area contributed by atoms with E-state index in [9.17, 15) is 15.0 Å². The maximum absolute atomic E-state index is 11.9. The minimum Gasteiger partial charge on any atom is -0.504 e. The largest absolute Gasteiger partial charge is 0.504 e. The van der Waals surface area contributed by atoms with Crippen molar-refractivity contribution in [3.63, 3.8) is 0 Å². The molecule has 42 heavy (non-hydrogen) atoms. The summed E-state index contributed by atoms with van der Waals surface area (Å²) in [4.78, 5) is 16.6. The molecule has 2 aliphatic carbocycles. The number of guanidine groups is 1. The van der Waals surface area contributed by atoms with E-state index in [2.05, 4.69) is 17.6 Å². The van der Waals surface area contributed by atoms with E-state index in [4.69, 9.17) is 20.2 Å². The van der Waals surface area contributed by atoms with Crippen LogP contribution in [-0.4, -0.2) is 66.1 Å². The van der Waals surface area contributed by atoms with Gasteiger partial charge in [-0.05, 0) is 99.9 Å². The number of aromatic hydroxyl groups is 1. The lowest BCUT2D eigenvalue weighted by molar-refractivity contribution is -0.148. The number of carbonyl (C=O) groups is 1. The van der Waals surface area contributed by atoms with Gasteiger partial charge in [-0.15, -0.1) is 0 Å². The molecule has 0 amide bonds. The van der Waals surface area contributed by atoms with Crippen LogP contribution in [0.25, 0.3) is 0 Å². The second kappa shape index (κ2) is 16.4. The number of rotatable bonds is 12. The van der Waals surface area contributed by atoms with Crippen LogP contribution in [-0.2, 0) is 16.0 Å². The van der Waals surface area contributed by atoms with Crippen molar-refractivity contribution < 1.29 is 24.5 Å². The van der Waals surface area contributed by atoms with Crippen LogP contribution in [0.4, 0.5) is 0 Å². The summed E-state index contributed by atoms with van der Waals surface area (Å²) >= 11 is 0. The summed E-state index contributed by atoms with van der Waals surface area (Å²) in [7, 11) is 0. The fourth-order valence-electron chi connectivity index (χ4n) is 6.92. The van der Waals surface area contributed by atoms with E-state index < -0.39 is 6.10 Å². The molecule has 0 aromatic heterocycles. The van der Waals surface area contributed by atoms with Crippen LogP contribution in [0.15, 0.2) is 23.2 Å². The summed E-state index contributed by atoms with van der Waals surface area (Å²) in [5.74, 6) is 1.89. The number of phenols is 1. The summed E-state index contributed by atoms with van der Waals surface area (Å²) in [5.41, 5.74) is 7.24. The van der Waals surface area contributed by atoms with Gasteiger partial charge >= 0.3 is 5.97 Å². The number of aliphatic imine (C=N–C) groups is 1. The van der Waals surface area contributed by atoms with Crippen molar-refractivity contribution in [1.82, 2.24) is 10.6 Å². The van der Waals surface area contributed by atoms with E-state index in [1.807, 2.05) is 12.1 Å². The molecule has 1 aliphatic heterocycles. The van der Waals surface area contributed by atoms with Gasteiger partial charge in [-0.1, -0.05) is 38.7 Å². The average molecular weight is 587 g/mol. The molecule has 0 radical (unpaired) electrons. The number of nitrogens with zero attached hydrogens (tertiary/aromatic N) is 1. The molecule has 9 heteroatoms. The molecule has 3 aliphatic rings. The van der Waals surface area contributed by atoms with Crippen LogP contribution in [0.1, 0.15) is 96.5 Å². The van der Waals surface area contributed by atoms with Gasteiger partial charge in [-0.3, -0.25) is 9.79 Å². The quantitative estimate of drug-likeness (QED) is 0.138. The van der Waals surface area contributed by atoms with Crippen molar-refractivity contribution >= 4 is 11.9 Å². The molecule has 236 valence electrons. The van der Waals surface area contributed by atoms with Crippen LogP contribution < -0.4 is 21.1 Å². The molecule has 1 aromatic rings. The van der Waals surface area contributed by atoms with Gasteiger partial charge in [0.05, 0.1) is 6.10 Å². The molecule has 1 saturated heterocycles.